The molecule has 2 saturated carbocycles. The van der Waals surface area contributed by atoms with Crippen molar-refractivity contribution in [3.05, 3.63) is 35.9 Å². The lowest BCUT2D eigenvalue weighted by atomic mass is 9.76. The molecule has 4 nitrogen and oxygen atoms in total. The topological polar surface area (TPSA) is 61.4 Å². The first-order valence-corrected chi connectivity index (χ1v) is 7.85. The van der Waals surface area contributed by atoms with E-state index in [-0.39, 0.29) is 18.7 Å². The zero-order valence-corrected chi connectivity index (χ0v) is 12.5. The van der Waals surface area contributed by atoms with Gasteiger partial charge in [0.2, 0.25) is 0 Å². The molecule has 21 heavy (non-hydrogen) atoms. The van der Waals surface area contributed by atoms with Crippen LogP contribution in [0, 0.1) is 5.92 Å². The normalized spacial score (nSPS) is 27.3. The van der Waals surface area contributed by atoms with Gasteiger partial charge in [-0.2, -0.15) is 0 Å². The molecule has 2 fully saturated rings. The van der Waals surface area contributed by atoms with Crippen molar-refractivity contribution < 1.29 is 9.90 Å². The van der Waals surface area contributed by atoms with E-state index in [2.05, 4.69) is 34.9 Å². The summed E-state index contributed by atoms with van der Waals surface area (Å²) in [5.74, 6) is 0.982. The number of nitrogens with one attached hydrogen (secondary N) is 2. The Hall–Kier alpha value is -1.55. The zero-order valence-electron chi connectivity index (χ0n) is 12.5. The Bertz CT molecular complexity index is 495. The third-order valence-corrected chi connectivity index (χ3v) is 4.95. The summed E-state index contributed by atoms with van der Waals surface area (Å²) in [4.78, 5) is 12.1. The van der Waals surface area contributed by atoms with Crippen molar-refractivity contribution in [1.82, 2.24) is 10.6 Å². The largest absolute Gasteiger partial charge is 0.394 e. The first-order valence-electron chi connectivity index (χ1n) is 7.85. The van der Waals surface area contributed by atoms with Gasteiger partial charge in [0.1, 0.15) is 0 Å². The smallest absolute Gasteiger partial charge is 0.315 e. The van der Waals surface area contributed by atoms with Gasteiger partial charge in [-0.3, -0.25) is 0 Å². The molecule has 3 rings (SSSR count). The van der Waals surface area contributed by atoms with Gasteiger partial charge in [0.15, 0.2) is 0 Å². The van der Waals surface area contributed by atoms with Crippen LogP contribution in [0.5, 0.6) is 0 Å². The number of hydrogen-bond donors (Lipinski definition) is 3. The number of carbonyl (C=O) groups is 1. The quantitative estimate of drug-likeness (QED) is 0.779. The minimum absolute atomic E-state index is 0.00237. The predicted molar refractivity (Wildman–Crippen MR) is 82.1 cm³/mol. The van der Waals surface area contributed by atoms with Crippen LogP contribution in [0.15, 0.2) is 30.3 Å². The Morgan fingerprint density at radius 3 is 2.52 bits per heavy atom. The van der Waals surface area contributed by atoms with E-state index >= 15 is 0 Å². The highest BCUT2D eigenvalue weighted by atomic mass is 16.3. The number of carbonyl (C=O) groups excluding carboxylic acids is 1. The maximum absolute atomic E-state index is 12.1. The fourth-order valence-corrected chi connectivity index (χ4v) is 3.21. The van der Waals surface area contributed by atoms with Crippen molar-refractivity contribution >= 4 is 6.03 Å². The van der Waals surface area contributed by atoms with E-state index in [9.17, 15) is 9.90 Å². The number of urea groups is 1. The van der Waals surface area contributed by atoms with Gasteiger partial charge >= 0.3 is 6.03 Å². The molecular formula is C17H24N2O2. The second-order valence-corrected chi connectivity index (χ2v) is 6.72. The van der Waals surface area contributed by atoms with Gasteiger partial charge in [-0.1, -0.05) is 30.3 Å². The maximum Gasteiger partial charge on any atom is 0.315 e. The number of aliphatic hydroxyl groups excluding tert-OH is 1. The van der Waals surface area contributed by atoms with Crippen molar-refractivity contribution in [3.63, 3.8) is 0 Å². The van der Waals surface area contributed by atoms with Crippen LogP contribution < -0.4 is 10.6 Å². The zero-order chi connectivity index (χ0) is 14.9. The Kier molecular flexibility index (Phi) is 3.89. The Labute approximate surface area is 125 Å². The van der Waals surface area contributed by atoms with Crippen LogP contribution in [0.3, 0.4) is 0 Å². The van der Waals surface area contributed by atoms with Crippen LogP contribution in [0.25, 0.3) is 0 Å². The average molecular weight is 288 g/mol. The third kappa shape index (κ3) is 3.21. The van der Waals surface area contributed by atoms with Gasteiger partial charge in [-0.15, -0.1) is 0 Å². The Morgan fingerprint density at radius 1 is 1.29 bits per heavy atom. The van der Waals surface area contributed by atoms with E-state index in [0.717, 1.165) is 25.7 Å². The van der Waals surface area contributed by atoms with E-state index in [4.69, 9.17) is 0 Å². The van der Waals surface area contributed by atoms with E-state index in [1.165, 1.54) is 5.56 Å². The lowest BCUT2D eigenvalue weighted by molar-refractivity contribution is 0.151. The standard InChI is InChI=1S/C17H24N2O2/c1-17(11-20,14-7-8-14)19-16(21)18-15-9-13(10-15)12-5-3-2-4-6-12/h2-6,13-15,20H,7-11H2,1H3,(H2,18,19,21)/t13?,15?,17-/m0/s1. The predicted octanol–water partition coefficient (Wildman–Crippen LogP) is 2.39. The molecule has 0 saturated heterocycles. The molecule has 0 spiro atoms. The summed E-state index contributed by atoms with van der Waals surface area (Å²) in [6, 6.07) is 10.6. The van der Waals surface area contributed by atoms with E-state index < -0.39 is 5.54 Å². The molecule has 0 aliphatic heterocycles. The number of aliphatic hydroxyl groups is 1. The van der Waals surface area contributed by atoms with Gasteiger partial charge in [0.05, 0.1) is 12.1 Å². The minimum Gasteiger partial charge on any atom is -0.394 e. The van der Waals surface area contributed by atoms with Gasteiger partial charge < -0.3 is 15.7 Å². The molecular weight excluding hydrogens is 264 g/mol. The highest BCUT2D eigenvalue weighted by molar-refractivity contribution is 5.75. The summed E-state index contributed by atoms with van der Waals surface area (Å²) in [5.41, 5.74) is 0.890. The summed E-state index contributed by atoms with van der Waals surface area (Å²) in [7, 11) is 0. The SMILES string of the molecule is C[C@@](CO)(NC(=O)NC1CC(c2ccccc2)C1)C1CC1. The summed E-state index contributed by atoms with van der Waals surface area (Å²) in [6.07, 6.45) is 4.18. The molecule has 1 atom stereocenters. The Morgan fingerprint density at radius 2 is 1.95 bits per heavy atom. The lowest BCUT2D eigenvalue weighted by Gasteiger charge is -2.37. The molecule has 2 amide bonds. The second-order valence-electron chi connectivity index (χ2n) is 6.72. The van der Waals surface area contributed by atoms with E-state index in [1.54, 1.807) is 0 Å². The highest BCUT2D eigenvalue weighted by Gasteiger charge is 2.42. The molecule has 0 radical (unpaired) electrons. The lowest BCUT2D eigenvalue weighted by Crippen LogP contribution is -2.57. The third-order valence-electron chi connectivity index (χ3n) is 4.95. The van der Waals surface area contributed by atoms with Crippen molar-refractivity contribution in [2.75, 3.05) is 6.61 Å². The molecule has 1 aromatic rings. The summed E-state index contributed by atoms with van der Waals surface area (Å²) in [6.45, 7) is 1.93. The van der Waals surface area contributed by atoms with Crippen LogP contribution in [0.4, 0.5) is 4.79 Å². The molecule has 0 unspecified atom stereocenters. The van der Waals surface area contributed by atoms with Crippen molar-refractivity contribution in [2.24, 2.45) is 5.92 Å². The van der Waals surface area contributed by atoms with Crippen LogP contribution >= 0.6 is 0 Å². The number of amides is 2. The molecule has 2 aliphatic rings. The molecule has 0 bridgehead atoms. The molecule has 3 N–H and O–H groups in total. The second kappa shape index (κ2) is 5.68. The molecule has 4 heteroatoms. The number of benzene rings is 1. The van der Waals surface area contributed by atoms with E-state index in [1.807, 2.05) is 13.0 Å². The fraction of sp³-hybridized carbons (Fsp3) is 0.588. The summed E-state index contributed by atoms with van der Waals surface area (Å²) >= 11 is 0. The average Bonchev–Trinajstić information content (AvgIpc) is 3.28. The first kappa shape index (κ1) is 14.4. The molecule has 114 valence electrons. The summed E-state index contributed by atoms with van der Waals surface area (Å²) in [5, 5.41) is 15.5. The van der Waals surface area contributed by atoms with Crippen LogP contribution in [-0.4, -0.2) is 29.3 Å². The molecule has 0 heterocycles. The maximum atomic E-state index is 12.1. The highest BCUT2D eigenvalue weighted by Crippen LogP contribution is 2.39. The van der Waals surface area contributed by atoms with Crippen LogP contribution in [0.2, 0.25) is 0 Å². The summed E-state index contributed by atoms with van der Waals surface area (Å²) < 4.78 is 0. The van der Waals surface area contributed by atoms with Crippen molar-refractivity contribution in [2.45, 2.75) is 50.1 Å². The minimum atomic E-state index is -0.466. The van der Waals surface area contributed by atoms with E-state index in [0.29, 0.717) is 11.8 Å². The monoisotopic (exact) mass is 288 g/mol. The van der Waals surface area contributed by atoms with Crippen LogP contribution in [-0.2, 0) is 0 Å². The van der Waals surface area contributed by atoms with Gasteiger partial charge in [-0.25, -0.2) is 4.79 Å². The number of hydrogen-bond acceptors (Lipinski definition) is 2. The molecule has 2 aliphatic carbocycles. The molecule has 0 aromatic heterocycles. The van der Waals surface area contributed by atoms with Crippen molar-refractivity contribution in [1.29, 1.82) is 0 Å². The van der Waals surface area contributed by atoms with Gasteiger partial charge in [0, 0.05) is 6.04 Å². The van der Waals surface area contributed by atoms with Crippen LogP contribution in [0.1, 0.15) is 44.1 Å². The van der Waals surface area contributed by atoms with Gasteiger partial charge in [-0.05, 0) is 50.0 Å². The van der Waals surface area contributed by atoms with Gasteiger partial charge in [0.25, 0.3) is 0 Å². The van der Waals surface area contributed by atoms with Crippen molar-refractivity contribution in [3.8, 4) is 0 Å². The number of rotatable bonds is 5. The molecule has 1 aromatic carbocycles. The Balaban J connectivity index is 1.45. The fourth-order valence-electron chi connectivity index (χ4n) is 3.21. The first-order chi connectivity index (χ1) is 10.1.